The molecule has 5 nitrogen and oxygen atoms in total. The molecule has 0 aliphatic heterocycles. The van der Waals surface area contributed by atoms with Crippen LogP contribution < -0.4 is 10.1 Å². The molecule has 2 aromatic rings. The molecule has 2 N–H and O–H groups in total. The molecule has 23 heavy (non-hydrogen) atoms. The Morgan fingerprint density at radius 2 is 2.00 bits per heavy atom. The third-order valence-corrected chi connectivity index (χ3v) is 3.67. The molecule has 0 amide bonds. The highest BCUT2D eigenvalue weighted by atomic mass is 19.1. The first-order chi connectivity index (χ1) is 11.0. The number of halogens is 2. The van der Waals surface area contributed by atoms with Gasteiger partial charge in [-0.3, -0.25) is 0 Å². The van der Waals surface area contributed by atoms with Gasteiger partial charge >= 0.3 is 0 Å². The lowest BCUT2D eigenvalue weighted by Crippen LogP contribution is -2.23. The Balaban J connectivity index is 2.05. The third-order valence-electron chi connectivity index (χ3n) is 3.67. The highest BCUT2D eigenvalue weighted by Crippen LogP contribution is 2.23. The number of hydrogen-bond acceptors (Lipinski definition) is 4. The van der Waals surface area contributed by atoms with Crippen LogP contribution in [0.15, 0.2) is 18.2 Å². The molecular weight excluding hydrogens is 304 g/mol. The summed E-state index contributed by atoms with van der Waals surface area (Å²) in [7, 11) is 3.34. The largest absolute Gasteiger partial charge is 0.481 e. The quantitative estimate of drug-likeness (QED) is 0.818. The summed E-state index contributed by atoms with van der Waals surface area (Å²) >= 11 is 0. The smallest absolute Gasteiger partial charge is 0.216 e. The van der Waals surface area contributed by atoms with Crippen LogP contribution in [0.3, 0.4) is 0 Å². The van der Waals surface area contributed by atoms with Gasteiger partial charge < -0.3 is 15.2 Å². The van der Waals surface area contributed by atoms with Gasteiger partial charge in [-0.25, -0.2) is 13.5 Å². The van der Waals surface area contributed by atoms with Crippen molar-refractivity contribution in [1.82, 2.24) is 15.1 Å². The fourth-order valence-electron chi connectivity index (χ4n) is 2.59. The fraction of sp³-hybridized carbons (Fsp3) is 0.438. The summed E-state index contributed by atoms with van der Waals surface area (Å²) in [6.45, 7) is 2.38. The number of rotatable bonds is 7. The molecule has 0 bridgehead atoms. The van der Waals surface area contributed by atoms with Crippen molar-refractivity contribution < 1.29 is 18.6 Å². The first-order valence-corrected chi connectivity index (χ1v) is 7.41. The summed E-state index contributed by atoms with van der Waals surface area (Å²) in [5, 5.41) is 17.4. The van der Waals surface area contributed by atoms with Crippen LogP contribution in [0.4, 0.5) is 8.78 Å². The normalized spacial score (nSPS) is 12.4. The molecule has 1 unspecified atom stereocenters. The number of aromatic nitrogens is 2. The maximum Gasteiger partial charge on any atom is 0.216 e. The Morgan fingerprint density at radius 3 is 2.57 bits per heavy atom. The van der Waals surface area contributed by atoms with Crippen LogP contribution >= 0.6 is 0 Å². The second kappa shape index (κ2) is 7.52. The Hall–Kier alpha value is -1.99. The van der Waals surface area contributed by atoms with Crippen LogP contribution in [0.5, 0.6) is 5.88 Å². The number of aliphatic hydroxyl groups is 1. The predicted molar refractivity (Wildman–Crippen MR) is 82.2 cm³/mol. The Kier molecular flexibility index (Phi) is 5.68. The van der Waals surface area contributed by atoms with Crippen molar-refractivity contribution in [3.05, 3.63) is 46.7 Å². The summed E-state index contributed by atoms with van der Waals surface area (Å²) in [5.74, 6) is -0.888. The zero-order valence-electron chi connectivity index (χ0n) is 13.4. The molecule has 0 aliphatic carbocycles. The van der Waals surface area contributed by atoms with Crippen LogP contribution in [-0.4, -0.2) is 28.5 Å². The van der Waals surface area contributed by atoms with Crippen LogP contribution in [0.1, 0.15) is 29.8 Å². The number of aryl methyl sites for hydroxylation is 2. The maximum atomic E-state index is 13.6. The number of ether oxygens (including phenoxy) is 1. The number of nitrogens with one attached hydrogen (secondary N) is 1. The van der Waals surface area contributed by atoms with E-state index in [1.807, 2.05) is 6.92 Å². The monoisotopic (exact) mass is 325 g/mol. The van der Waals surface area contributed by atoms with E-state index >= 15 is 0 Å². The molecule has 1 atom stereocenters. The standard InChI is InChI=1S/C16H21F2N3O2/c1-4-13-10(16(23-3)21(2)20-13)8-19-9-14(22)15-11(17)6-5-7-12(15)18/h5-7,14,19,22H,4,8-9H2,1-3H3. The molecule has 2 rings (SSSR count). The molecule has 0 saturated heterocycles. The van der Waals surface area contributed by atoms with Crippen molar-refractivity contribution in [2.24, 2.45) is 7.05 Å². The SMILES string of the molecule is CCc1nn(C)c(OC)c1CNCC(O)c1c(F)cccc1F. The Labute approximate surface area is 133 Å². The predicted octanol–water partition coefficient (Wildman–Crippen LogP) is 2.09. The summed E-state index contributed by atoms with van der Waals surface area (Å²) in [6, 6.07) is 3.52. The average molecular weight is 325 g/mol. The minimum atomic E-state index is -1.27. The van der Waals surface area contributed by atoms with Gasteiger partial charge in [0.05, 0.1) is 30.0 Å². The lowest BCUT2D eigenvalue weighted by atomic mass is 10.1. The lowest BCUT2D eigenvalue weighted by Gasteiger charge is -2.14. The van der Waals surface area contributed by atoms with Crippen molar-refractivity contribution in [3.63, 3.8) is 0 Å². The highest BCUT2D eigenvalue weighted by molar-refractivity contribution is 5.31. The number of methoxy groups -OCH3 is 1. The molecular formula is C16H21F2N3O2. The summed E-state index contributed by atoms with van der Waals surface area (Å²) in [6.07, 6.45) is -0.539. The summed E-state index contributed by atoms with van der Waals surface area (Å²) in [4.78, 5) is 0. The maximum absolute atomic E-state index is 13.6. The average Bonchev–Trinajstić information content (AvgIpc) is 2.82. The van der Waals surface area contributed by atoms with E-state index in [0.29, 0.717) is 12.4 Å². The van der Waals surface area contributed by atoms with Gasteiger partial charge in [0.25, 0.3) is 0 Å². The van der Waals surface area contributed by atoms with Crippen LogP contribution in [0.25, 0.3) is 0 Å². The molecule has 0 radical (unpaired) electrons. The number of benzene rings is 1. The number of hydrogen-bond donors (Lipinski definition) is 2. The first kappa shape index (κ1) is 17.4. The second-order valence-electron chi connectivity index (χ2n) is 5.19. The molecule has 0 saturated carbocycles. The van der Waals surface area contributed by atoms with Gasteiger partial charge in [0.15, 0.2) is 0 Å². The van der Waals surface area contributed by atoms with E-state index in [1.54, 1.807) is 18.8 Å². The van der Waals surface area contributed by atoms with Gasteiger partial charge in [-0.1, -0.05) is 13.0 Å². The van der Waals surface area contributed by atoms with E-state index in [-0.39, 0.29) is 12.1 Å². The van der Waals surface area contributed by atoms with E-state index in [1.165, 1.54) is 6.07 Å². The van der Waals surface area contributed by atoms with Gasteiger partial charge in [0.1, 0.15) is 11.6 Å². The second-order valence-corrected chi connectivity index (χ2v) is 5.19. The van der Waals surface area contributed by atoms with Gasteiger partial charge in [-0.15, -0.1) is 0 Å². The fourth-order valence-corrected chi connectivity index (χ4v) is 2.59. The van der Waals surface area contributed by atoms with E-state index in [2.05, 4.69) is 10.4 Å². The minimum Gasteiger partial charge on any atom is -0.481 e. The lowest BCUT2D eigenvalue weighted by molar-refractivity contribution is 0.164. The van der Waals surface area contributed by atoms with Crippen LogP contribution in [-0.2, 0) is 20.0 Å². The first-order valence-electron chi connectivity index (χ1n) is 7.41. The zero-order valence-corrected chi connectivity index (χ0v) is 13.4. The number of nitrogens with zero attached hydrogens (tertiary/aromatic N) is 2. The van der Waals surface area contributed by atoms with Gasteiger partial charge in [-0.2, -0.15) is 5.10 Å². The molecule has 7 heteroatoms. The zero-order chi connectivity index (χ0) is 17.0. The van der Waals surface area contributed by atoms with Crippen LogP contribution in [0, 0.1) is 11.6 Å². The van der Waals surface area contributed by atoms with E-state index in [0.717, 1.165) is 29.8 Å². The van der Waals surface area contributed by atoms with Gasteiger partial charge in [0.2, 0.25) is 5.88 Å². The van der Waals surface area contributed by atoms with E-state index in [4.69, 9.17) is 4.74 Å². The van der Waals surface area contributed by atoms with Crippen molar-refractivity contribution in [2.75, 3.05) is 13.7 Å². The van der Waals surface area contributed by atoms with Crippen molar-refractivity contribution >= 4 is 0 Å². The van der Waals surface area contributed by atoms with E-state index in [9.17, 15) is 13.9 Å². The van der Waals surface area contributed by atoms with E-state index < -0.39 is 17.7 Å². The van der Waals surface area contributed by atoms with Crippen LogP contribution in [0.2, 0.25) is 0 Å². The molecule has 1 aromatic carbocycles. The highest BCUT2D eigenvalue weighted by Gasteiger charge is 2.19. The topological polar surface area (TPSA) is 59.3 Å². The van der Waals surface area contributed by atoms with Crippen molar-refractivity contribution in [3.8, 4) is 5.88 Å². The molecule has 0 spiro atoms. The summed E-state index contributed by atoms with van der Waals surface area (Å²) < 4.78 is 34.2. The molecule has 126 valence electrons. The number of aliphatic hydroxyl groups excluding tert-OH is 1. The molecule has 1 heterocycles. The third kappa shape index (κ3) is 3.68. The van der Waals surface area contributed by atoms with Crippen molar-refractivity contribution in [1.29, 1.82) is 0 Å². The van der Waals surface area contributed by atoms with Crippen molar-refractivity contribution in [2.45, 2.75) is 26.0 Å². The molecule has 1 aromatic heterocycles. The minimum absolute atomic E-state index is 0.0130. The Morgan fingerprint density at radius 1 is 1.35 bits per heavy atom. The summed E-state index contributed by atoms with van der Waals surface area (Å²) in [5.41, 5.74) is 1.43. The van der Waals surface area contributed by atoms with Gasteiger partial charge in [0, 0.05) is 20.1 Å². The van der Waals surface area contributed by atoms with Gasteiger partial charge in [-0.05, 0) is 18.6 Å². The molecule has 0 fully saturated rings. The Bertz CT molecular complexity index is 653. The molecule has 0 aliphatic rings.